The standard InChI is InChI=1S/C18H19N5O3/c1-20-16-15(17(25)21(2)18(20)26)22(11-19-16)9-8-14(24)23-10-7-12-5-3-4-6-13(12)23/h3-6,11H,7-10H2,1-2H3. The van der Waals surface area contributed by atoms with Gasteiger partial charge in [-0.2, -0.15) is 0 Å². The number of hydrogen-bond acceptors (Lipinski definition) is 4. The predicted octanol–water partition coefficient (Wildman–Crippen LogP) is 0.413. The lowest BCUT2D eigenvalue weighted by Gasteiger charge is -2.17. The van der Waals surface area contributed by atoms with E-state index in [1.165, 1.54) is 23.5 Å². The van der Waals surface area contributed by atoms with Crippen molar-refractivity contribution in [1.82, 2.24) is 18.7 Å². The van der Waals surface area contributed by atoms with E-state index < -0.39 is 11.2 Å². The van der Waals surface area contributed by atoms with Crippen molar-refractivity contribution in [2.24, 2.45) is 14.1 Å². The molecule has 3 aromatic rings. The van der Waals surface area contributed by atoms with Crippen LogP contribution in [0.15, 0.2) is 40.2 Å². The van der Waals surface area contributed by atoms with Crippen molar-refractivity contribution in [2.45, 2.75) is 19.4 Å². The van der Waals surface area contributed by atoms with Crippen LogP contribution in [0.2, 0.25) is 0 Å². The first-order valence-electron chi connectivity index (χ1n) is 8.48. The normalized spacial score (nSPS) is 13.4. The number of benzene rings is 1. The minimum absolute atomic E-state index is 0.0124. The molecule has 0 saturated carbocycles. The maximum Gasteiger partial charge on any atom is 0.332 e. The van der Waals surface area contributed by atoms with E-state index in [0.29, 0.717) is 24.3 Å². The summed E-state index contributed by atoms with van der Waals surface area (Å²) in [5, 5.41) is 0. The van der Waals surface area contributed by atoms with Crippen LogP contribution in [0.1, 0.15) is 12.0 Å². The molecule has 1 aliphatic heterocycles. The summed E-state index contributed by atoms with van der Waals surface area (Å²) in [5.41, 5.74) is 1.99. The summed E-state index contributed by atoms with van der Waals surface area (Å²) < 4.78 is 4.04. The Bertz CT molecular complexity index is 1140. The Morgan fingerprint density at radius 1 is 1.15 bits per heavy atom. The highest BCUT2D eigenvalue weighted by atomic mass is 16.2. The summed E-state index contributed by atoms with van der Waals surface area (Å²) in [4.78, 5) is 43.1. The summed E-state index contributed by atoms with van der Waals surface area (Å²) in [7, 11) is 3.02. The molecule has 134 valence electrons. The largest absolute Gasteiger partial charge is 0.332 e. The Morgan fingerprint density at radius 2 is 1.92 bits per heavy atom. The second-order valence-corrected chi connectivity index (χ2v) is 6.49. The van der Waals surface area contributed by atoms with Gasteiger partial charge in [-0.05, 0) is 18.1 Å². The number of fused-ring (bicyclic) bond motifs is 2. The molecule has 8 nitrogen and oxygen atoms in total. The molecule has 8 heteroatoms. The van der Waals surface area contributed by atoms with Crippen LogP contribution >= 0.6 is 0 Å². The third-order valence-electron chi connectivity index (χ3n) is 4.97. The van der Waals surface area contributed by atoms with Gasteiger partial charge in [0.05, 0.1) is 6.33 Å². The maximum atomic E-state index is 12.7. The molecule has 0 bridgehead atoms. The summed E-state index contributed by atoms with van der Waals surface area (Å²) >= 11 is 0. The van der Waals surface area contributed by atoms with Crippen molar-refractivity contribution in [1.29, 1.82) is 0 Å². The molecule has 0 fully saturated rings. The fourth-order valence-corrected chi connectivity index (χ4v) is 3.51. The van der Waals surface area contributed by atoms with Crippen LogP contribution in [0, 0.1) is 0 Å². The summed E-state index contributed by atoms with van der Waals surface area (Å²) in [6.45, 7) is 1.01. The van der Waals surface area contributed by atoms with Gasteiger partial charge in [-0.3, -0.25) is 18.7 Å². The molecule has 2 aromatic heterocycles. The molecule has 0 spiro atoms. The molecule has 3 heterocycles. The second-order valence-electron chi connectivity index (χ2n) is 6.49. The average Bonchev–Trinajstić information content (AvgIpc) is 3.27. The van der Waals surface area contributed by atoms with Crippen LogP contribution in [-0.4, -0.2) is 31.1 Å². The number of hydrogen-bond donors (Lipinski definition) is 0. The zero-order chi connectivity index (χ0) is 18.4. The van der Waals surface area contributed by atoms with E-state index in [-0.39, 0.29) is 12.3 Å². The predicted molar refractivity (Wildman–Crippen MR) is 97.3 cm³/mol. The molecule has 4 rings (SSSR count). The summed E-state index contributed by atoms with van der Waals surface area (Å²) in [6, 6.07) is 7.90. The van der Waals surface area contributed by atoms with Crippen molar-refractivity contribution < 1.29 is 4.79 Å². The lowest BCUT2D eigenvalue weighted by Crippen LogP contribution is -2.37. The Kier molecular flexibility index (Phi) is 3.75. The molecule has 0 N–H and O–H groups in total. The van der Waals surface area contributed by atoms with Crippen LogP contribution in [0.5, 0.6) is 0 Å². The van der Waals surface area contributed by atoms with Crippen LogP contribution < -0.4 is 16.1 Å². The molecule has 1 amide bonds. The van der Waals surface area contributed by atoms with Crippen molar-refractivity contribution >= 4 is 22.8 Å². The SMILES string of the molecule is Cn1c(=O)c2c(ncn2CCC(=O)N2CCc3ccccc32)n(C)c1=O. The zero-order valence-corrected chi connectivity index (χ0v) is 14.7. The molecule has 26 heavy (non-hydrogen) atoms. The Labute approximate surface area is 148 Å². The fraction of sp³-hybridized carbons (Fsp3) is 0.333. The molecule has 0 saturated heterocycles. The van der Waals surface area contributed by atoms with E-state index in [1.807, 2.05) is 24.3 Å². The van der Waals surface area contributed by atoms with E-state index in [1.54, 1.807) is 16.5 Å². The maximum absolute atomic E-state index is 12.7. The first kappa shape index (κ1) is 16.3. The van der Waals surface area contributed by atoms with Gasteiger partial charge in [0, 0.05) is 39.3 Å². The van der Waals surface area contributed by atoms with Gasteiger partial charge in [0.2, 0.25) is 5.91 Å². The minimum atomic E-state index is -0.419. The van der Waals surface area contributed by atoms with E-state index in [2.05, 4.69) is 4.98 Å². The number of para-hydroxylation sites is 1. The Balaban J connectivity index is 1.61. The highest BCUT2D eigenvalue weighted by molar-refractivity contribution is 5.95. The second kappa shape index (κ2) is 5.98. The number of carbonyl (C=O) groups excluding carboxylic acids is 1. The van der Waals surface area contributed by atoms with Gasteiger partial charge in [-0.25, -0.2) is 9.78 Å². The number of aryl methyl sites for hydroxylation is 2. The quantitative estimate of drug-likeness (QED) is 0.683. The number of amides is 1. The molecule has 1 aromatic carbocycles. The van der Waals surface area contributed by atoms with Gasteiger partial charge >= 0.3 is 5.69 Å². The highest BCUT2D eigenvalue weighted by Gasteiger charge is 2.24. The third kappa shape index (κ3) is 2.37. The van der Waals surface area contributed by atoms with Gasteiger partial charge in [0.25, 0.3) is 5.56 Å². The van der Waals surface area contributed by atoms with E-state index in [9.17, 15) is 14.4 Å². The Hall–Kier alpha value is -3.16. The topological polar surface area (TPSA) is 82.1 Å². The van der Waals surface area contributed by atoms with Crippen molar-refractivity contribution in [3.63, 3.8) is 0 Å². The highest BCUT2D eigenvalue weighted by Crippen LogP contribution is 2.27. The molecular weight excluding hydrogens is 334 g/mol. The lowest BCUT2D eigenvalue weighted by atomic mass is 10.2. The van der Waals surface area contributed by atoms with Gasteiger partial charge < -0.3 is 9.47 Å². The van der Waals surface area contributed by atoms with Crippen molar-refractivity contribution in [3.05, 3.63) is 57.0 Å². The van der Waals surface area contributed by atoms with Crippen molar-refractivity contribution in [3.8, 4) is 0 Å². The molecule has 0 aliphatic carbocycles. The molecule has 0 radical (unpaired) electrons. The number of rotatable bonds is 3. The first-order chi connectivity index (χ1) is 12.5. The van der Waals surface area contributed by atoms with Crippen LogP contribution in [0.25, 0.3) is 11.2 Å². The van der Waals surface area contributed by atoms with Crippen molar-refractivity contribution in [2.75, 3.05) is 11.4 Å². The van der Waals surface area contributed by atoms with Crippen LogP contribution in [0.3, 0.4) is 0 Å². The number of nitrogens with zero attached hydrogens (tertiary/aromatic N) is 5. The molecule has 0 unspecified atom stereocenters. The molecular formula is C18H19N5O3. The first-order valence-corrected chi connectivity index (χ1v) is 8.48. The lowest BCUT2D eigenvalue weighted by molar-refractivity contribution is -0.118. The minimum Gasteiger partial charge on any atom is -0.324 e. The monoisotopic (exact) mass is 353 g/mol. The smallest absolute Gasteiger partial charge is 0.324 e. The number of aromatic nitrogens is 4. The van der Waals surface area contributed by atoms with Gasteiger partial charge in [-0.15, -0.1) is 0 Å². The van der Waals surface area contributed by atoms with Gasteiger partial charge in [0.1, 0.15) is 0 Å². The van der Waals surface area contributed by atoms with E-state index >= 15 is 0 Å². The Morgan fingerprint density at radius 3 is 2.73 bits per heavy atom. The van der Waals surface area contributed by atoms with Crippen LogP contribution in [-0.2, 0) is 31.9 Å². The number of anilines is 1. The third-order valence-corrected chi connectivity index (χ3v) is 4.97. The molecule has 1 aliphatic rings. The summed E-state index contributed by atoms with van der Waals surface area (Å²) in [6.07, 6.45) is 2.63. The number of imidazole rings is 1. The van der Waals surface area contributed by atoms with E-state index in [0.717, 1.165) is 16.7 Å². The fourth-order valence-electron chi connectivity index (χ4n) is 3.51. The average molecular weight is 353 g/mol. The van der Waals surface area contributed by atoms with E-state index in [4.69, 9.17) is 0 Å². The van der Waals surface area contributed by atoms with Gasteiger partial charge in [-0.1, -0.05) is 18.2 Å². The zero-order valence-electron chi connectivity index (χ0n) is 14.7. The van der Waals surface area contributed by atoms with Gasteiger partial charge in [0.15, 0.2) is 11.2 Å². The summed E-state index contributed by atoms with van der Waals surface area (Å²) in [5.74, 6) is 0.0124. The number of carbonyl (C=O) groups is 1. The molecule has 0 atom stereocenters. The van der Waals surface area contributed by atoms with Crippen LogP contribution in [0.4, 0.5) is 5.69 Å².